The Labute approximate surface area is 233 Å². The molecule has 6 aliphatic carbocycles. The lowest BCUT2D eigenvalue weighted by atomic mass is 9.65. The maximum absolute atomic E-state index is 5.08. The molecule has 0 spiro atoms. The van der Waals surface area contributed by atoms with Crippen molar-refractivity contribution < 1.29 is 0 Å². The van der Waals surface area contributed by atoms with Crippen LogP contribution in [0.25, 0.3) is 29.3 Å². The zero-order chi connectivity index (χ0) is 23.3. The van der Waals surface area contributed by atoms with E-state index in [4.69, 9.17) is 12.6 Å². The molecule has 0 amide bonds. The fourth-order valence-electron chi connectivity index (χ4n) is 7.53. The van der Waals surface area contributed by atoms with Gasteiger partial charge in [0.25, 0.3) is 0 Å². The van der Waals surface area contributed by atoms with Crippen molar-refractivity contribution in [1.29, 1.82) is 0 Å². The first kappa shape index (κ1) is 22.5. The molecule has 2 fully saturated rings. The van der Waals surface area contributed by atoms with E-state index in [1.54, 1.807) is 36.9 Å². The molecule has 4 bridgehead atoms. The summed E-state index contributed by atoms with van der Waals surface area (Å²) in [7, 11) is 0. The minimum atomic E-state index is 0.771. The molecule has 0 atom stereocenters. The van der Waals surface area contributed by atoms with E-state index in [1.165, 1.54) is 74.4 Å². The Hall–Kier alpha value is -0.500. The zero-order valence-corrected chi connectivity index (χ0v) is 24.7. The lowest BCUT2D eigenvalue weighted by Gasteiger charge is -2.38. The van der Waals surface area contributed by atoms with E-state index < -0.39 is 0 Å². The van der Waals surface area contributed by atoms with Gasteiger partial charge in [-0.25, -0.2) is 0 Å². The number of thiol groups is 1. The first-order valence-corrected chi connectivity index (χ1v) is 17.9. The first-order valence-electron chi connectivity index (χ1n) is 13.0. The Morgan fingerprint density at radius 3 is 1.69 bits per heavy atom. The van der Waals surface area contributed by atoms with E-state index in [2.05, 4.69) is 41.9 Å². The van der Waals surface area contributed by atoms with Gasteiger partial charge in [0, 0.05) is 29.3 Å². The molecule has 4 heterocycles. The van der Waals surface area contributed by atoms with Crippen LogP contribution in [0.1, 0.15) is 97.3 Å². The minimum Gasteiger partial charge on any atom is -0.134 e. The van der Waals surface area contributed by atoms with Gasteiger partial charge < -0.3 is 0 Å². The fourth-order valence-corrected chi connectivity index (χ4v) is 13.7. The van der Waals surface area contributed by atoms with Gasteiger partial charge in [0.1, 0.15) is 0 Å². The molecule has 0 aliphatic heterocycles. The Bertz CT molecular complexity index is 1430. The Kier molecular flexibility index (Phi) is 5.46. The van der Waals surface area contributed by atoms with E-state index in [1.807, 2.05) is 45.8 Å². The fraction of sp³-hybridized carbons (Fsp3) is 0.448. The number of fused-ring (bicyclic) bond motifs is 4. The summed E-state index contributed by atoms with van der Waals surface area (Å²) in [6.45, 7) is 0. The quantitative estimate of drug-likeness (QED) is 0.189. The molecule has 4 aromatic heterocycles. The van der Waals surface area contributed by atoms with Crippen molar-refractivity contribution in [2.75, 3.05) is 6.26 Å². The molecule has 6 aliphatic rings. The van der Waals surface area contributed by atoms with E-state index in [9.17, 15) is 0 Å². The monoisotopic (exact) mass is 568 g/mol. The number of hydrogen-bond acceptors (Lipinski definition) is 6. The first-order chi connectivity index (χ1) is 17.2. The Morgan fingerprint density at radius 2 is 1.06 bits per heavy atom. The molecule has 0 N–H and O–H groups in total. The number of thiophene rings is 4. The van der Waals surface area contributed by atoms with Crippen LogP contribution in [0.5, 0.6) is 0 Å². The van der Waals surface area contributed by atoms with Crippen molar-refractivity contribution in [2.45, 2.75) is 83.5 Å². The van der Waals surface area contributed by atoms with Crippen LogP contribution in [0.3, 0.4) is 0 Å². The van der Waals surface area contributed by atoms with Crippen LogP contribution in [0.15, 0.2) is 32.7 Å². The predicted molar refractivity (Wildman–Crippen MR) is 161 cm³/mol. The van der Waals surface area contributed by atoms with Crippen molar-refractivity contribution in [3.05, 3.63) is 46.5 Å². The average molecular weight is 569 g/mol. The van der Waals surface area contributed by atoms with Crippen molar-refractivity contribution in [1.82, 2.24) is 0 Å². The van der Waals surface area contributed by atoms with Gasteiger partial charge in [-0.05, 0) is 128 Å². The highest BCUT2D eigenvalue weighted by molar-refractivity contribution is 8.00. The summed E-state index contributed by atoms with van der Waals surface area (Å²) in [5, 5.41) is 0. The molecular formula is C29H28S6. The van der Waals surface area contributed by atoms with E-state index in [0.29, 0.717) is 0 Å². The number of rotatable bonds is 4. The lowest BCUT2D eigenvalue weighted by Crippen LogP contribution is -2.22. The third-order valence-corrected chi connectivity index (χ3v) is 15.6. The van der Waals surface area contributed by atoms with Crippen LogP contribution in [0.2, 0.25) is 0 Å². The average Bonchev–Trinajstić information content (AvgIpc) is 3.70. The second-order valence-electron chi connectivity index (χ2n) is 10.7. The zero-order valence-electron chi connectivity index (χ0n) is 19.8. The molecule has 0 nitrogen and oxygen atoms in total. The van der Waals surface area contributed by atoms with Crippen molar-refractivity contribution in [3.8, 4) is 29.3 Å². The molecule has 4 aromatic rings. The standard InChI is InChI=1S/C29H28S6/c1-31-21-13-12-19(33-21)18-10-11-20(32-18)26-22-14-2-4-15(5-3-14)23(22)27(34-26)28-24-16-6-8-17(9-7-16)25(24)29(30)35-28/h10-17,30H,2-9H2,1H3. The highest BCUT2D eigenvalue weighted by Gasteiger charge is 2.43. The smallest absolute Gasteiger partial charge is 0.0612 e. The molecule has 6 heteroatoms. The number of thioether (sulfide) groups is 1. The van der Waals surface area contributed by atoms with E-state index in [0.717, 1.165) is 23.7 Å². The van der Waals surface area contributed by atoms with Crippen LogP contribution in [-0.4, -0.2) is 6.26 Å². The lowest BCUT2D eigenvalue weighted by molar-refractivity contribution is 0.357. The summed E-state index contributed by atoms with van der Waals surface area (Å²) in [6.07, 6.45) is 13.3. The van der Waals surface area contributed by atoms with Crippen molar-refractivity contribution in [3.63, 3.8) is 0 Å². The van der Waals surface area contributed by atoms with Crippen LogP contribution in [0, 0.1) is 0 Å². The Balaban J connectivity index is 1.30. The van der Waals surface area contributed by atoms with Gasteiger partial charge in [0.2, 0.25) is 0 Å². The third-order valence-electron chi connectivity index (χ3n) is 9.10. The van der Waals surface area contributed by atoms with Gasteiger partial charge in [0.15, 0.2) is 0 Å². The molecule has 0 saturated heterocycles. The van der Waals surface area contributed by atoms with Crippen molar-refractivity contribution in [2.24, 2.45) is 0 Å². The molecule has 10 rings (SSSR count). The second kappa shape index (κ2) is 8.51. The number of hydrogen-bond donors (Lipinski definition) is 1. The summed E-state index contributed by atoms with van der Waals surface area (Å²) >= 11 is 15.1. The minimum absolute atomic E-state index is 0.771. The van der Waals surface area contributed by atoms with Gasteiger partial charge in [-0.15, -0.1) is 69.7 Å². The summed E-state index contributed by atoms with van der Waals surface area (Å²) in [4.78, 5) is 9.22. The highest BCUT2D eigenvalue weighted by atomic mass is 32.2. The maximum atomic E-state index is 5.08. The topological polar surface area (TPSA) is 0 Å². The van der Waals surface area contributed by atoms with E-state index >= 15 is 0 Å². The van der Waals surface area contributed by atoms with Gasteiger partial charge in [-0.3, -0.25) is 0 Å². The molecule has 2 saturated carbocycles. The SMILES string of the molecule is CSc1ccc(-c2ccc(-c3sc(-c4sc(S)c5c4C4CCC5CC4)c4c3C3CCC4CC3)s2)s1. The summed E-state index contributed by atoms with van der Waals surface area (Å²) in [5.41, 5.74) is 6.90. The summed E-state index contributed by atoms with van der Waals surface area (Å²) < 4.78 is 2.73. The summed E-state index contributed by atoms with van der Waals surface area (Å²) in [5.74, 6) is 3.10. The van der Waals surface area contributed by atoms with Crippen LogP contribution >= 0.6 is 69.7 Å². The second-order valence-corrected chi connectivity index (χ2v) is 16.8. The molecule has 0 unspecified atom stereocenters. The molecule has 0 radical (unpaired) electrons. The van der Waals surface area contributed by atoms with Crippen LogP contribution in [0.4, 0.5) is 0 Å². The van der Waals surface area contributed by atoms with Crippen LogP contribution < -0.4 is 0 Å². The van der Waals surface area contributed by atoms with E-state index in [-0.39, 0.29) is 0 Å². The molecule has 35 heavy (non-hydrogen) atoms. The normalized spacial score (nSPS) is 26.3. The van der Waals surface area contributed by atoms with Crippen LogP contribution in [-0.2, 0) is 0 Å². The largest absolute Gasteiger partial charge is 0.134 e. The molecule has 0 aromatic carbocycles. The molecule has 180 valence electrons. The highest BCUT2D eigenvalue weighted by Crippen LogP contribution is 2.64. The maximum Gasteiger partial charge on any atom is 0.0612 e. The predicted octanol–water partition coefficient (Wildman–Crippen LogP) is 11.5. The third kappa shape index (κ3) is 3.36. The van der Waals surface area contributed by atoms with Gasteiger partial charge >= 0.3 is 0 Å². The summed E-state index contributed by atoms with van der Waals surface area (Å²) in [6, 6.07) is 9.38. The van der Waals surface area contributed by atoms with Gasteiger partial charge in [0.05, 0.1) is 8.42 Å². The molecular weight excluding hydrogens is 541 g/mol. The van der Waals surface area contributed by atoms with Crippen molar-refractivity contribution >= 4 is 69.7 Å². The Morgan fingerprint density at radius 1 is 0.571 bits per heavy atom. The van der Waals surface area contributed by atoms with Gasteiger partial charge in [-0.1, -0.05) is 0 Å². The van der Waals surface area contributed by atoms with Gasteiger partial charge in [-0.2, -0.15) is 0 Å².